The first-order chi connectivity index (χ1) is 11.1. The van der Waals surface area contributed by atoms with Crippen molar-refractivity contribution in [2.75, 3.05) is 19.8 Å². The van der Waals surface area contributed by atoms with Crippen molar-refractivity contribution < 1.29 is 24.9 Å². The molecule has 0 saturated heterocycles. The first-order valence-electron chi connectivity index (χ1n) is 7.79. The van der Waals surface area contributed by atoms with E-state index >= 15 is 0 Å². The maximum Gasteiger partial charge on any atom is 0.133 e. The van der Waals surface area contributed by atoms with Crippen LogP contribution in [-0.2, 0) is 21.7 Å². The monoisotopic (exact) mass is 322 g/mol. The summed E-state index contributed by atoms with van der Waals surface area (Å²) in [6, 6.07) is 7.80. The van der Waals surface area contributed by atoms with Crippen LogP contribution in [0.1, 0.15) is 36.8 Å². The Morgan fingerprint density at radius 1 is 1.22 bits per heavy atom. The first-order valence-corrected chi connectivity index (χ1v) is 7.79. The van der Waals surface area contributed by atoms with Gasteiger partial charge in [-0.1, -0.05) is 30.3 Å². The quantitative estimate of drug-likeness (QED) is 0.548. The topological polar surface area (TPSA) is 87.0 Å². The van der Waals surface area contributed by atoms with Crippen LogP contribution in [0, 0.1) is 0 Å². The second-order valence-corrected chi connectivity index (χ2v) is 5.52. The number of ether oxygens (including phenoxy) is 1. The Bertz CT molecular complexity index is 486. The Balaban J connectivity index is 0.000000593. The van der Waals surface area contributed by atoms with Crippen molar-refractivity contribution in [2.45, 2.75) is 37.9 Å². The van der Waals surface area contributed by atoms with E-state index in [1.807, 2.05) is 24.3 Å². The molecular weight excluding hydrogens is 296 g/mol. The van der Waals surface area contributed by atoms with Gasteiger partial charge in [0.1, 0.15) is 5.78 Å². The zero-order valence-corrected chi connectivity index (χ0v) is 13.4. The molecule has 0 heterocycles. The Morgan fingerprint density at radius 3 is 2.43 bits per heavy atom. The van der Waals surface area contributed by atoms with Crippen LogP contribution in [0.4, 0.5) is 0 Å². The maximum absolute atomic E-state index is 11.3. The van der Waals surface area contributed by atoms with E-state index in [1.54, 1.807) is 6.08 Å². The van der Waals surface area contributed by atoms with E-state index in [0.29, 0.717) is 38.9 Å². The average Bonchev–Trinajstić information content (AvgIpc) is 2.58. The fourth-order valence-corrected chi connectivity index (χ4v) is 2.44. The smallest absolute Gasteiger partial charge is 0.133 e. The van der Waals surface area contributed by atoms with E-state index in [2.05, 4.69) is 6.58 Å². The van der Waals surface area contributed by atoms with Crippen LogP contribution < -0.4 is 0 Å². The van der Waals surface area contributed by atoms with Crippen molar-refractivity contribution >= 4 is 5.78 Å². The minimum Gasteiger partial charge on any atom is -0.394 e. The molecule has 1 aromatic rings. The van der Waals surface area contributed by atoms with Gasteiger partial charge in [-0.15, -0.1) is 6.58 Å². The van der Waals surface area contributed by atoms with Gasteiger partial charge in [-0.3, -0.25) is 4.79 Å². The molecule has 0 bridgehead atoms. The molecule has 2 rings (SSSR count). The van der Waals surface area contributed by atoms with E-state index in [0.717, 1.165) is 11.1 Å². The summed E-state index contributed by atoms with van der Waals surface area (Å²) in [6.45, 7) is 4.38. The van der Waals surface area contributed by atoms with Gasteiger partial charge in [0.2, 0.25) is 0 Å². The van der Waals surface area contributed by atoms with E-state index in [1.165, 1.54) is 0 Å². The molecule has 1 fully saturated rings. The molecule has 1 saturated carbocycles. The fourth-order valence-electron chi connectivity index (χ4n) is 2.44. The lowest BCUT2D eigenvalue weighted by atomic mass is 9.79. The van der Waals surface area contributed by atoms with Gasteiger partial charge >= 0.3 is 0 Å². The van der Waals surface area contributed by atoms with E-state index < -0.39 is 5.60 Å². The third kappa shape index (κ3) is 6.62. The molecule has 1 aliphatic rings. The molecule has 0 atom stereocenters. The van der Waals surface area contributed by atoms with Crippen LogP contribution in [0.5, 0.6) is 0 Å². The molecular formula is C18H26O5. The molecule has 1 aliphatic carbocycles. The summed E-state index contributed by atoms with van der Waals surface area (Å²) in [5.74, 6) is 0.246. The van der Waals surface area contributed by atoms with Gasteiger partial charge < -0.3 is 20.1 Å². The summed E-state index contributed by atoms with van der Waals surface area (Å²) >= 11 is 0. The highest BCUT2D eigenvalue weighted by Gasteiger charge is 2.34. The molecule has 128 valence electrons. The van der Waals surface area contributed by atoms with E-state index in [9.17, 15) is 9.90 Å². The predicted octanol–water partition coefficient (Wildman–Crippen LogP) is 1.69. The number of benzene rings is 1. The van der Waals surface area contributed by atoms with Crippen LogP contribution in [-0.4, -0.2) is 40.9 Å². The minimum atomic E-state index is -0.859. The van der Waals surface area contributed by atoms with Gasteiger partial charge in [-0.05, 0) is 24.0 Å². The lowest BCUT2D eigenvalue weighted by molar-refractivity contribution is -0.125. The molecule has 3 N–H and O–H groups in total. The summed E-state index contributed by atoms with van der Waals surface area (Å²) in [7, 11) is 0. The van der Waals surface area contributed by atoms with Gasteiger partial charge in [-0.2, -0.15) is 0 Å². The summed E-state index contributed by atoms with van der Waals surface area (Å²) in [6.07, 6.45) is 3.68. The minimum absolute atomic E-state index is 0.125. The lowest BCUT2D eigenvalue weighted by Gasteiger charge is -2.32. The Kier molecular flexibility index (Phi) is 8.73. The number of hydrogen-bond donors (Lipinski definition) is 3. The Labute approximate surface area is 137 Å². The predicted molar refractivity (Wildman–Crippen MR) is 87.8 cm³/mol. The molecule has 0 unspecified atom stereocenters. The average molecular weight is 322 g/mol. The second kappa shape index (κ2) is 10.3. The highest BCUT2D eigenvalue weighted by molar-refractivity contribution is 5.79. The highest BCUT2D eigenvalue weighted by atomic mass is 16.5. The van der Waals surface area contributed by atoms with E-state index in [4.69, 9.17) is 14.9 Å². The summed E-state index contributed by atoms with van der Waals surface area (Å²) < 4.78 is 5.41. The molecule has 0 amide bonds. The molecule has 0 spiro atoms. The SMILES string of the molecule is C=CCOCc1cccc(C2(O)CCC(=O)CC2)c1.OCCO. The lowest BCUT2D eigenvalue weighted by Crippen LogP contribution is -2.31. The summed E-state index contributed by atoms with van der Waals surface area (Å²) in [5.41, 5.74) is 1.06. The number of ketones is 1. The number of aliphatic hydroxyl groups excluding tert-OH is 2. The normalized spacial score (nSPS) is 16.4. The van der Waals surface area contributed by atoms with Crippen molar-refractivity contribution in [3.05, 3.63) is 48.0 Å². The number of Topliss-reactive ketones (excluding diaryl/α,β-unsaturated/α-hetero) is 1. The number of rotatable bonds is 6. The van der Waals surface area contributed by atoms with Crippen molar-refractivity contribution in [1.29, 1.82) is 0 Å². The molecule has 0 aromatic heterocycles. The van der Waals surface area contributed by atoms with Crippen LogP contribution in [0.25, 0.3) is 0 Å². The molecule has 1 aromatic carbocycles. The van der Waals surface area contributed by atoms with Crippen molar-refractivity contribution in [3.63, 3.8) is 0 Å². The largest absolute Gasteiger partial charge is 0.394 e. The van der Waals surface area contributed by atoms with Crippen molar-refractivity contribution in [3.8, 4) is 0 Å². The number of carbonyl (C=O) groups excluding carboxylic acids is 1. The highest BCUT2D eigenvalue weighted by Crippen LogP contribution is 2.35. The third-order valence-corrected chi connectivity index (χ3v) is 3.70. The number of carbonyl (C=O) groups is 1. The van der Waals surface area contributed by atoms with Gasteiger partial charge in [0.25, 0.3) is 0 Å². The van der Waals surface area contributed by atoms with Crippen molar-refractivity contribution in [2.24, 2.45) is 0 Å². The Morgan fingerprint density at radius 2 is 1.87 bits per heavy atom. The number of aliphatic hydroxyl groups is 3. The van der Waals surface area contributed by atoms with Crippen molar-refractivity contribution in [1.82, 2.24) is 0 Å². The van der Waals surface area contributed by atoms with Gasteiger partial charge in [0, 0.05) is 12.8 Å². The first kappa shape index (κ1) is 19.5. The van der Waals surface area contributed by atoms with Crippen LogP contribution in [0.15, 0.2) is 36.9 Å². The van der Waals surface area contributed by atoms with Crippen LogP contribution in [0.2, 0.25) is 0 Å². The van der Waals surface area contributed by atoms with Gasteiger partial charge in [0.15, 0.2) is 0 Å². The Hall–Kier alpha value is -1.53. The van der Waals surface area contributed by atoms with Crippen LogP contribution in [0.3, 0.4) is 0 Å². The number of hydrogen-bond acceptors (Lipinski definition) is 5. The standard InChI is InChI=1S/C16H20O3.C2H6O2/c1-2-10-19-12-13-4-3-5-14(11-13)16(18)8-6-15(17)7-9-16;3-1-2-4/h2-5,11,18H,1,6-10,12H2;3-4H,1-2H2. The van der Waals surface area contributed by atoms with Gasteiger partial charge in [-0.25, -0.2) is 0 Å². The zero-order chi connectivity index (χ0) is 17.1. The molecule has 0 radical (unpaired) electrons. The molecule has 0 aliphatic heterocycles. The van der Waals surface area contributed by atoms with Crippen LogP contribution >= 0.6 is 0 Å². The third-order valence-electron chi connectivity index (χ3n) is 3.70. The van der Waals surface area contributed by atoms with Gasteiger partial charge in [0.05, 0.1) is 32.0 Å². The molecule has 5 nitrogen and oxygen atoms in total. The molecule has 5 heteroatoms. The van der Waals surface area contributed by atoms with E-state index in [-0.39, 0.29) is 19.0 Å². The second-order valence-electron chi connectivity index (χ2n) is 5.52. The summed E-state index contributed by atoms with van der Waals surface area (Å²) in [4.78, 5) is 11.3. The fraction of sp³-hybridized carbons (Fsp3) is 0.500. The maximum atomic E-state index is 11.3. The zero-order valence-electron chi connectivity index (χ0n) is 13.4. The summed E-state index contributed by atoms with van der Waals surface area (Å²) in [5, 5.41) is 25.9. The molecule has 23 heavy (non-hydrogen) atoms.